The molecular weight excluding hydrogens is 435 g/mol. The van der Waals surface area contributed by atoms with Gasteiger partial charge in [0, 0.05) is 24.8 Å². The van der Waals surface area contributed by atoms with Gasteiger partial charge in [0.05, 0.1) is 7.11 Å². The third-order valence-electron chi connectivity index (χ3n) is 4.23. The number of esters is 1. The van der Waals surface area contributed by atoms with Gasteiger partial charge < -0.3 is 4.74 Å². The summed E-state index contributed by atoms with van der Waals surface area (Å²) in [6.07, 6.45) is -9.53. The molecule has 0 saturated heterocycles. The molecule has 1 rings (SSSR count). The highest BCUT2D eigenvalue weighted by atomic mass is 19.4. The number of alkyl halides is 9. The highest BCUT2D eigenvalue weighted by Gasteiger charge is 2.81. The molecule has 170 valence electrons. The van der Waals surface area contributed by atoms with E-state index in [1.54, 1.807) is 0 Å². The first-order chi connectivity index (χ1) is 13.6. The molecule has 3 nitrogen and oxygen atoms in total. The fourth-order valence-corrected chi connectivity index (χ4v) is 2.38. The molecule has 0 spiro atoms. The summed E-state index contributed by atoms with van der Waals surface area (Å²) in [5.41, 5.74) is 0.436. The lowest BCUT2D eigenvalue weighted by Crippen LogP contribution is -2.60. The summed E-state index contributed by atoms with van der Waals surface area (Å²) in [4.78, 5) is 22.9. The zero-order valence-corrected chi connectivity index (χ0v) is 15.5. The fraction of sp³-hybridized carbons (Fsp3) is 0.556. The van der Waals surface area contributed by atoms with Crippen molar-refractivity contribution in [2.45, 2.75) is 56.0 Å². The molecule has 0 aromatic heterocycles. The number of ketones is 1. The molecular formula is C18H17F9O3. The number of methoxy groups -OCH3 is 1. The third kappa shape index (κ3) is 5.66. The fourth-order valence-electron chi connectivity index (χ4n) is 2.38. The van der Waals surface area contributed by atoms with Gasteiger partial charge in [0.2, 0.25) is 0 Å². The molecule has 1 aromatic carbocycles. The number of halogens is 9. The Labute approximate surface area is 165 Å². The van der Waals surface area contributed by atoms with Gasteiger partial charge in [-0.15, -0.1) is 0 Å². The molecule has 30 heavy (non-hydrogen) atoms. The van der Waals surface area contributed by atoms with Gasteiger partial charge in [-0.05, 0) is 18.4 Å². The van der Waals surface area contributed by atoms with E-state index in [4.69, 9.17) is 0 Å². The van der Waals surface area contributed by atoms with Gasteiger partial charge in [0.1, 0.15) is 0 Å². The molecule has 0 N–H and O–H groups in total. The average molecular weight is 452 g/mol. The Kier molecular flexibility index (Phi) is 7.95. The van der Waals surface area contributed by atoms with Crippen molar-refractivity contribution in [3.05, 3.63) is 35.4 Å². The molecule has 0 unspecified atom stereocenters. The lowest BCUT2D eigenvalue weighted by molar-refractivity contribution is -0.396. The topological polar surface area (TPSA) is 43.4 Å². The number of hydrogen-bond donors (Lipinski definition) is 0. The van der Waals surface area contributed by atoms with Gasteiger partial charge in [-0.25, -0.2) is 0 Å². The Hall–Kier alpha value is -2.27. The van der Waals surface area contributed by atoms with E-state index in [1.807, 2.05) is 0 Å². The van der Waals surface area contributed by atoms with Crippen molar-refractivity contribution in [3.8, 4) is 0 Å². The number of rotatable bonds is 10. The minimum Gasteiger partial charge on any atom is -0.469 e. The summed E-state index contributed by atoms with van der Waals surface area (Å²) in [5.74, 6) is -21.1. The summed E-state index contributed by atoms with van der Waals surface area (Å²) in [7, 11) is 1.21. The number of carbonyl (C=O) groups is 2. The summed E-state index contributed by atoms with van der Waals surface area (Å²) in [6, 6.07) is 5.12. The smallest absolute Gasteiger partial charge is 0.460 e. The molecule has 12 heteroatoms. The maximum absolute atomic E-state index is 13.5. The summed E-state index contributed by atoms with van der Waals surface area (Å²) in [6.45, 7) is 0. The van der Waals surface area contributed by atoms with Crippen LogP contribution in [0.15, 0.2) is 24.3 Å². The van der Waals surface area contributed by atoms with Gasteiger partial charge in [0.15, 0.2) is 5.78 Å². The predicted molar refractivity (Wildman–Crippen MR) is 85.9 cm³/mol. The van der Waals surface area contributed by atoms with Crippen molar-refractivity contribution in [2.75, 3.05) is 7.11 Å². The van der Waals surface area contributed by atoms with Crippen molar-refractivity contribution in [1.29, 1.82) is 0 Å². The molecule has 0 fully saturated rings. The van der Waals surface area contributed by atoms with Gasteiger partial charge >= 0.3 is 29.9 Å². The molecule has 0 bridgehead atoms. The van der Waals surface area contributed by atoms with E-state index >= 15 is 0 Å². The minimum atomic E-state index is -6.97. The second-order valence-corrected chi connectivity index (χ2v) is 6.40. The number of ether oxygens (including phenoxy) is 1. The van der Waals surface area contributed by atoms with E-state index in [-0.39, 0.29) is 12.0 Å². The van der Waals surface area contributed by atoms with Crippen LogP contribution in [0.3, 0.4) is 0 Å². The van der Waals surface area contributed by atoms with Gasteiger partial charge in [-0.3, -0.25) is 9.59 Å². The molecule has 0 amide bonds. The maximum Gasteiger partial charge on any atom is 0.460 e. The van der Waals surface area contributed by atoms with Crippen LogP contribution < -0.4 is 0 Å². The van der Waals surface area contributed by atoms with E-state index in [1.165, 1.54) is 19.2 Å². The van der Waals surface area contributed by atoms with Gasteiger partial charge in [0.25, 0.3) is 0 Å². The Morgan fingerprint density at radius 2 is 1.37 bits per heavy atom. The monoisotopic (exact) mass is 452 g/mol. The van der Waals surface area contributed by atoms with Crippen molar-refractivity contribution in [3.63, 3.8) is 0 Å². The number of aryl methyl sites for hydroxylation is 1. The zero-order chi connectivity index (χ0) is 23.4. The van der Waals surface area contributed by atoms with E-state index < -0.39 is 48.5 Å². The van der Waals surface area contributed by atoms with Crippen LogP contribution in [0, 0.1) is 0 Å². The average Bonchev–Trinajstić information content (AvgIpc) is 2.65. The molecule has 0 aliphatic carbocycles. The summed E-state index contributed by atoms with van der Waals surface area (Å²) < 4.78 is 120. The lowest BCUT2D eigenvalue weighted by Gasteiger charge is -2.33. The van der Waals surface area contributed by atoms with Crippen LogP contribution in [0.25, 0.3) is 0 Å². The second-order valence-electron chi connectivity index (χ2n) is 6.40. The van der Waals surface area contributed by atoms with Crippen molar-refractivity contribution >= 4 is 11.8 Å². The van der Waals surface area contributed by atoms with E-state index in [9.17, 15) is 49.1 Å². The van der Waals surface area contributed by atoms with Crippen LogP contribution in [0.5, 0.6) is 0 Å². The van der Waals surface area contributed by atoms with E-state index in [0.717, 1.165) is 12.1 Å². The third-order valence-corrected chi connectivity index (χ3v) is 4.23. The van der Waals surface area contributed by atoms with Crippen LogP contribution in [0.4, 0.5) is 39.5 Å². The van der Waals surface area contributed by atoms with Crippen LogP contribution in [-0.4, -0.2) is 42.8 Å². The number of benzene rings is 1. The second kappa shape index (κ2) is 9.25. The van der Waals surface area contributed by atoms with Gasteiger partial charge in [-0.1, -0.05) is 24.3 Å². The summed E-state index contributed by atoms with van der Waals surface area (Å²) >= 11 is 0. The normalized spacial score (nSPS) is 13.3. The largest absolute Gasteiger partial charge is 0.469 e. The van der Waals surface area contributed by atoms with Crippen LogP contribution >= 0.6 is 0 Å². The minimum absolute atomic E-state index is 0.128. The Balaban J connectivity index is 2.75. The molecule has 0 atom stereocenters. The molecule has 0 aliphatic rings. The molecule has 0 aliphatic heterocycles. The molecule has 1 aromatic rings. The first kappa shape index (κ1) is 25.8. The SMILES string of the molecule is COC(=O)CCCc1ccc(C(=O)CCC(F)(F)C(F)(F)C(F)(F)C(F)(F)F)cc1. The Morgan fingerprint density at radius 3 is 1.83 bits per heavy atom. The van der Waals surface area contributed by atoms with E-state index in [2.05, 4.69) is 4.74 Å². The number of hydrogen-bond acceptors (Lipinski definition) is 3. The van der Waals surface area contributed by atoms with E-state index in [0.29, 0.717) is 18.4 Å². The van der Waals surface area contributed by atoms with Crippen LogP contribution in [0.1, 0.15) is 41.6 Å². The Bertz CT molecular complexity index is 740. The Morgan fingerprint density at radius 1 is 0.833 bits per heavy atom. The van der Waals surface area contributed by atoms with Crippen molar-refractivity contribution < 1.29 is 53.8 Å². The van der Waals surface area contributed by atoms with Crippen LogP contribution in [-0.2, 0) is 16.0 Å². The quantitative estimate of drug-likeness (QED) is 0.263. The first-order valence-electron chi connectivity index (χ1n) is 8.46. The molecule has 0 heterocycles. The molecule has 0 radical (unpaired) electrons. The first-order valence-corrected chi connectivity index (χ1v) is 8.46. The maximum atomic E-state index is 13.5. The van der Waals surface area contributed by atoms with Crippen molar-refractivity contribution in [1.82, 2.24) is 0 Å². The van der Waals surface area contributed by atoms with Gasteiger partial charge in [-0.2, -0.15) is 39.5 Å². The van der Waals surface area contributed by atoms with Crippen molar-refractivity contribution in [2.24, 2.45) is 0 Å². The summed E-state index contributed by atoms with van der Waals surface area (Å²) in [5, 5.41) is 0. The highest BCUT2D eigenvalue weighted by Crippen LogP contribution is 2.54. The highest BCUT2D eigenvalue weighted by molar-refractivity contribution is 5.96. The zero-order valence-electron chi connectivity index (χ0n) is 15.5. The van der Waals surface area contributed by atoms with Crippen LogP contribution in [0.2, 0.25) is 0 Å². The standard InChI is InChI=1S/C18H17F9O3/c1-30-14(29)4-2-3-11-5-7-12(8-6-11)13(28)9-10-15(19,20)16(21,22)17(23,24)18(25,26)27/h5-8H,2-4,9-10H2,1H3. The number of Topliss-reactive ketones (excluding diaryl/α,β-unsaturated/α-hetero) is 1. The number of carbonyl (C=O) groups excluding carboxylic acids is 2. The lowest BCUT2D eigenvalue weighted by atomic mass is 9.96. The predicted octanol–water partition coefficient (Wildman–Crippen LogP) is 5.61. The molecule has 0 saturated carbocycles.